The lowest BCUT2D eigenvalue weighted by Gasteiger charge is -2.12. The second-order valence-corrected chi connectivity index (χ2v) is 10.2. The zero-order chi connectivity index (χ0) is 23.6. The Balaban J connectivity index is 1.27. The van der Waals surface area contributed by atoms with Crippen molar-refractivity contribution >= 4 is 21.4 Å². The summed E-state index contributed by atoms with van der Waals surface area (Å²) in [5.41, 5.74) is 9.94. The molecule has 1 atom stereocenters. The minimum atomic E-state index is -0.0812. The molecule has 4 nitrogen and oxygen atoms in total. The molecule has 0 amide bonds. The molecule has 4 aromatic rings. The number of nitrogens with zero attached hydrogens (tertiary/aromatic N) is 2. The van der Waals surface area contributed by atoms with Gasteiger partial charge in [0.1, 0.15) is 0 Å². The van der Waals surface area contributed by atoms with Gasteiger partial charge in [-0.2, -0.15) is 4.98 Å². The van der Waals surface area contributed by atoms with Gasteiger partial charge in [-0.3, -0.25) is 0 Å². The minimum absolute atomic E-state index is 0.0812. The molecule has 2 N–H and O–H groups in total. The molecule has 0 bridgehead atoms. The van der Waals surface area contributed by atoms with Gasteiger partial charge in [0.15, 0.2) is 5.82 Å². The lowest BCUT2D eigenvalue weighted by Crippen LogP contribution is -2.13. The van der Waals surface area contributed by atoms with Crippen molar-refractivity contribution in [2.75, 3.05) is 0 Å². The van der Waals surface area contributed by atoms with Gasteiger partial charge in [0.25, 0.3) is 5.89 Å². The number of benzene rings is 2. The van der Waals surface area contributed by atoms with Crippen LogP contribution in [0.4, 0.5) is 0 Å². The molecule has 0 saturated carbocycles. The standard InChI is InChI=1S/C29H37N3OS/c1-2-3-4-5-6-7-8-9-10-18-28-31-29(33-32-28)23-15-13-14-22(19-23)26(30)20-24-21-34-27-17-12-11-16-25(24)27/h11-17,19,21,26H,2-10,18,20,30H2,1H3. The molecule has 0 fully saturated rings. The molecule has 1 unspecified atom stereocenters. The van der Waals surface area contributed by atoms with Crippen LogP contribution in [0.5, 0.6) is 0 Å². The van der Waals surface area contributed by atoms with E-state index >= 15 is 0 Å². The molecular weight excluding hydrogens is 438 g/mol. The van der Waals surface area contributed by atoms with E-state index < -0.39 is 0 Å². The van der Waals surface area contributed by atoms with Crippen molar-refractivity contribution < 1.29 is 4.52 Å². The average molecular weight is 476 g/mol. The smallest absolute Gasteiger partial charge is 0.257 e. The van der Waals surface area contributed by atoms with Gasteiger partial charge in [-0.05, 0) is 52.9 Å². The first-order valence-electron chi connectivity index (χ1n) is 12.9. The highest BCUT2D eigenvalue weighted by Crippen LogP contribution is 2.30. The van der Waals surface area contributed by atoms with E-state index in [4.69, 9.17) is 10.3 Å². The first-order chi connectivity index (χ1) is 16.7. The molecule has 0 radical (unpaired) electrons. The number of thiophene rings is 1. The van der Waals surface area contributed by atoms with E-state index in [1.54, 1.807) is 11.3 Å². The summed E-state index contributed by atoms with van der Waals surface area (Å²) in [5, 5.41) is 7.74. The molecule has 34 heavy (non-hydrogen) atoms. The summed E-state index contributed by atoms with van der Waals surface area (Å²) >= 11 is 1.78. The van der Waals surface area contributed by atoms with Gasteiger partial charge in [0, 0.05) is 22.7 Å². The van der Waals surface area contributed by atoms with E-state index in [0.717, 1.165) is 36.2 Å². The Labute approximate surface area is 207 Å². The van der Waals surface area contributed by atoms with Crippen LogP contribution in [0.1, 0.15) is 87.7 Å². The molecule has 4 rings (SSSR count). The molecule has 2 aromatic heterocycles. The van der Waals surface area contributed by atoms with Crippen molar-refractivity contribution in [1.29, 1.82) is 0 Å². The van der Waals surface area contributed by atoms with Crippen LogP contribution >= 0.6 is 11.3 Å². The van der Waals surface area contributed by atoms with Gasteiger partial charge >= 0.3 is 0 Å². The van der Waals surface area contributed by atoms with E-state index in [0.29, 0.717) is 5.89 Å². The maximum atomic E-state index is 6.61. The molecule has 0 aliphatic carbocycles. The van der Waals surface area contributed by atoms with E-state index in [9.17, 15) is 0 Å². The van der Waals surface area contributed by atoms with Crippen LogP contribution in [-0.2, 0) is 12.8 Å². The number of hydrogen-bond acceptors (Lipinski definition) is 5. The van der Waals surface area contributed by atoms with Crippen LogP contribution in [-0.4, -0.2) is 10.1 Å². The van der Waals surface area contributed by atoms with Gasteiger partial charge in [0.05, 0.1) is 0 Å². The average Bonchev–Trinajstić information content (AvgIpc) is 3.51. The Morgan fingerprint density at radius 2 is 1.68 bits per heavy atom. The molecule has 5 heteroatoms. The fourth-order valence-electron chi connectivity index (χ4n) is 4.51. The maximum Gasteiger partial charge on any atom is 0.257 e. The zero-order valence-electron chi connectivity index (χ0n) is 20.3. The Hall–Kier alpha value is -2.50. The number of unbranched alkanes of at least 4 members (excludes halogenated alkanes) is 8. The lowest BCUT2D eigenvalue weighted by atomic mass is 9.98. The van der Waals surface area contributed by atoms with Crippen LogP contribution in [0.3, 0.4) is 0 Å². The second kappa shape index (κ2) is 12.8. The third kappa shape index (κ3) is 6.77. The van der Waals surface area contributed by atoms with E-state index in [-0.39, 0.29) is 6.04 Å². The largest absolute Gasteiger partial charge is 0.334 e. The van der Waals surface area contributed by atoms with Gasteiger partial charge < -0.3 is 10.3 Å². The Morgan fingerprint density at radius 1 is 0.912 bits per heavy atom. The summed E-state index contributed by atoms with van der Waals surface area (Å²) < 4.78 is 6.89. The summed E-state index contributed by atoms with van der Waals surface area (Å²) in [5.74, 6) is 1.39. The van der Waals surface area contributed by atoms with Crippen LogP contribution in [0.2, 0.25) is 0 Å². The molecule has 180 valence electrons. The lowest BCUT2D eigenvalue weighted by molar-refractivity contribution is 0.420. The highest BCUT2D eigenvalue weighted by atomic mass is 32.1. The molecule has 0 spiro atoms. The highest BCUT2D eigenvalue weighted by Gasteiger charge is 2.14. The van der Waals surface area contributed by atoms with Gasteiger partial charge in [-0.25, -0.2) is 0 Å². The summed E-state index contributed by atoms with van der Waals surface area (Å²) in [4.78, 5) is 4.65. The Morgan fingerprint density at radius 3 is 2.50 bits per heavy atom. The number of nitrogens with two attached hydrogens (primary N) is 1. The number of hydrogen-bond donors (Lipinski definition) is 1. The predicted octanol–water partition coefficient (Wildman–Crippen LogP) is 8.27. The predicted molar refractivity (Wildman–Crippen MR) is 143 cm³/mol. The molecule has 0 saturated heterocycles. The number of rotatable bonds is 14. The number of fused-ring (bicyclic) bond motifs is 1. The molecular formula is C29H37N3OS. The first-order valence-corrected chi connectivity index (χ1v) is 13.8. The molecule has 0 aliphatic heterocycles. The summed E-state index contributed by atoms with van der Waals surface area (Å²) in [6, 6.07) is 16.7. The van der Waals surface area contributed by atoms with Crippen molar-refractivity contribution in [2.24, 2.45) is 5.73 Å². The number of aromatic nitrogens is 2. The van der Waals surface area contributed by atoms with Crippen LogP contribution < -0.4 is 5.73 Å². The second-order valence-electron chi connectivity index (χ2n) is 9.29. The quantitative estimate of drug-likeness (QED) is 0.186. The molecule has 0 aliphatic rings. The van der Waals surface area contributed by atoms with Gasteiger partial charge in [-0.1, -0.05) is 93.8 Å². The third-order valence-electron chi connectivity index (χ3n) is 6.53. The molecule has 2 aromatic carbocycles. The van der Waals surface area contributed by atoms with Crippen molar-refractivity contribution in [1.82, 2.24) is 10.1 Å². The van der Waals surface area contributed by atoms with E-state index in [1.165, 1.54) is 67.0 Å². The van der Waals surface area contributed by atoms with Crippen LogP contribution in [0.15, 0.2) is 58.4 Å². The van der Waals surface area contributed by atoms with E-state index in [2.05, 4.69) is 58.8 Å². The maximum absolute atomic E-state index is 6.61. The Bertz CT molecular complexity index is 1150. The normalized spacial score (nSPS) is 12.4. The van der Waals surface area contributed by atoms with E-state index in [1.807, 2.05) is 12.1 Å². The van der Waals surface area contributed by atoms with Crippen molar-refractivity contribution in [3.8, 4) is 11.5 Å². The Kier molecular flexibility index (Phi) is 9.28. The fraction of sp³-hybridized carbons (Fsp3) is 0.448. The van der Waals surface area contributed by atoms with Crippen molar-refractivity contribution in [2.45, 2.75) is 83.6 Å². The minimum Gasteiger partial charge on any atom is -0.334 e. The highest BCUT2D eigenvalue weighted by molar-refractivity contribution is 7.17. The monoisotopic (exact) mass is 475 g/mol. The fourth-order valence-corrected chi connectivity index (χ4v) is 5.49. The summed E-state index contributed by atoms with van der Waals surface area (Å²) in [7, 11) is 0. The summed E-state index contributed by atoms with van der Waals surface area (Å²) in [6.45, 7) is 2.27. The van der Waals surface area contributed by atoms with Gasteiger partial charge in [-0.15, -0.1) is 11.3 Å². The van der Waals surface area contributed by atoms with Crippen LogP contribution in [0, 0.1) is 0 Å². The third-order valence-corrected chi connectivity index (χ3v) is 7.55. The first kappa shape index (κ1) is 24.6. The zero-order valence-corrected chi connectivity index (χ0v) is 21.2. The summed E-state index contributed by atoms with van der Waals surface area (Å²) in [6.07, 6.45) is 13.5. The van der Waals surface area contributed by atoms with Gasteiger partial charge in [0.2, 0.25) is 0 Å². The van der Waals surface area contributed by atoms with Crippen LogP contribution in [0.25, 0.3) is 21.5 Å². The number of aryl methyl sites for hydroxylation is 1. The van der Waals surface area contributed by atoms with Crippen molar-refractivity contribution in [3.63, 3.8) is 0 Å². The van der Waals surface area contributed by atoms with Crippen molar-refractivity contribution in [3.05, 3.63) is 70.9 Å². The molecule has 2 heterocycles. The SMILES string of the molecule is CCCCCCCCCCCc1noc(-c2cccc(C(N)Cc3csc4ccccc34)c2)n1. The topological polar surface area (TPSA) is 64.9 Å².